The summed E-state index contributed by atoms with van der Waals surface area (Å²) in [7, 11) is 0. The van der Waals surface area contributed by atoms with Crippen LogP contribution in [0.25, 0.3) is 23.2 Å². The highest BCUT2D eigenvalue weighted by Crippen LogP contribution is 2.35. The molecular weight excluding hydrogens is 451 g/mol. The molecule has 0 aliphatic carbocycles. The van der Waals surface area contributed by atoms with Gasteiger partial charge in [0.1, 0.15) is 24.2 Å². The number of carbonyl (C=O) groups is 1. The molecule has 0 radical (unpaired) electrons. The summed E-state index contributed by atoms with van der Waals surface area (Å²) in [5, 5.41) is 4.07. The maximum Gasteiger partial charge on any atom is 0.433 e. The van der Waals surface area contributed by atoms with Crippen molar-refractivity contribution in [2.24, 2.45) is 5.73 Å². The SMILES string of the molecule is NC(=O)/C(=C/n1cnc(-c2cc(N3CCC(F)(F)C3)nc(C(F)(F)F)c2)n1)c1cncnc1. The first-order valence-electron chi connectivity index (χ1n) is 9.42. The molecule has 14 heteroatoms. The van der Waals surface area contributed by atoms with Crippen LogP contribution in [0.4, 0.5) is 27.8 Å². The summed E-state index contributed by atoms with van der Waals surface area (Å²) in [6.45, 7) is -0.890. The second-order valence-electron chi connectivity index (χ2n) is 7.21. The molecule has 4 rings (SSSR count). The summed E-state index contributed by atoms with van der Waals surface area (Å²) in [6, 6.07) is 1.93. The van der Waals surface area contributed by atoms with Crippen molar-refractivity contribution >= 4 is 23.5 Å². The zero-order chi connectivity index (χ0) is 23.8. The summed E-state index contributed by atoms with van der Waals surface area (Å²) in [5.41, 5.74) is 4.32. The molecule has 3 aromatic rings. The van der Waals surface area contributed by atoms with Gasteiger partial charge in [0.25, 0.3) is 11.8 Å². The second-order valence-corrected chi connectivity index (χ2v) is 7.21. The Balaban J connectivity index is 1.72. The van der Waals surface area contributed by atoms with Gasteiger partial charge in [-0.1, -0.05) is 0 Å². The topological polar surface area (TPSA) is 116 Å². The fourth-order valence-corrected chi connectivity index (χ4v) is 3.20. The van der Waals surface area contributed by atoms with Gasteiger partial charge in [0.05, 0.1) is 12.1 Å². The van der Waals surface area contributed by atoms with Gasteiger partial charge in [-0.3, -0.25) is 4.79 Å². The van der Waals surface area contributed by atoms with E-state index in [0.717, 1.165) is 22.0 Å². The van der Waals surface area contributed by atoms with Crippen LogP contribution in [-0.4, -0.2) is 54.6 Å². The number of nitrogens with zero attached hydrogens (tertiary/aromatic N) is 7. The number of aromatic nitrogens is 6. The van der Waals surface area contributed by atoms with Crippen LogP contribution in [0.2, 0.25) is 0 Å². The first-order valence-corrected chi connectivity index (χ1v) is 9.42. The van der Waals surface area contributed by atoms with Crippen LogP contribution >= 0.6 is 0 Å². The molecule has 1 saturated heterocycles. The lowest BCUT2D eigenvalue weighted by molar-refractivity contribution is -0.141. The van der Waals surface area contributed by atoms with E-state index in [9.17, 15) is 26.7 Å². The van der Waals surface area contributed by atoms with Gasteiger partial charge in [-0.25, -0.2) is 33.4 Å². The molecule has 3 aromatic heterocycles. The quantitative estimate of drug-likeness (QED) is 0.454. The molecule has 1 aliphatic rings. The summed E-state index contributed by atoms with van der Waals surface area (Å²) in [5.74, 6) is -4.24. The van der Waals surface area contributed by atoms with Crippen molar-refractivity contribution in [3.8, 4) is 11.4 Å². The van der Waals surface area contributed by atoms with Crippen LogP contribution in [0.1, 0.15) is 17.7 Å². The van der Waals surface area contributed by atoms with E-state index < -0.39 is 36.7 Å². The molecule has 0 spiro atoms. The van der Waals surface area contributed by atoms with E-state index in [-0.39, 0.29) is 29.3 Å². The van der Waals surface area contributed by atoms with Gasteiger partial charge in [0.2, 0.25) is 0 Å². The molecule has 9 nitrogen and oxygen atoms in total. The van der Waals surface area contributed by atoms with Gasteiger partial charge in [-0.15, -0.1) is 5.10 Å². The van der Waals surface area contributed by atoms with Crippen molar-refractivity contribution in [3.63, 3.8) is 0 Å². The van der Waals surface area contributed by atoms with Crippen LogP contribution in [0, 0.1) is 0 Å². The smallest absolute Gasteiger partial charge is 0.366 e. The van der Waals surface area contributed by atoms with E-state index in [1.54, 1.807) is 0 Å². The molecule has 0 aromatic carbocycles. The van der Waals surface area contributed by atoms with E-state index in [1.807, 2.05) is 0 Å². The number of hydrogen-bond donors (Lipinski definition) is 1. The number of anilines is 1. The Morgan fingerprint density at radius 1 is 1.18 bits per heavy atom. The molecule has 2 N–H and O–H groups in total. The number of rotatable bonds is 5. The zero-order valence-corrected chi connectivity index (χ0v) is 16.7. The Kier molecular flexibility index (Phi) is 5.51. The maximum absolute atomic E-state index is 13.6. The number of amides is 1. The monoisotopic (exact) mass is 466 g/mol. The van der Waals surface area contributed by atoms with Crippen LogP contribution in [0.15, 0.2) is 37.2 Å². The normalized spacial score (nSPS) is 16.3. The van der Waals surface area contributed by atoms with Gasteiger partial charge >= 0.3 is 6.18 Å². The number of nitrogens with two attached hydrogens (primary N) is 1. The van der Waals surface area contributed by atoms with Crippen LogP contribution in [0.5, 0.6) is 0 Å². The predicted octanol–water partition coefficient (Wildman–Crippen LogP) is 2.48. The highest BCUT2D eigenvalue weighted by atomic mass is 19.4. The third kappa shape index (κ3) is 4.94. The van der Waals surface area contributed by atoms with Crippen molar-refractivity contribution < 1.29 is 26.7 Å². The number of hydrogen-bond acceptors (Lipinski definition) is 7. The highest BCUT2D eigenvalue weighted by Gasteiger charge is 2.40. The Labute approximate surface area is 182 Å². The molecule has 0 unspecified atom stereocenters. The average molecular weight is 466 g/mol. The van der Waals surface area contributed by atoms with E-state index in [0.29, 0.717) is 5.56 Å². The van der Waals surface area contributed by atoms with E-state index in [2.05, 4.69) is 25.0 Å². The average Bonchev–Trinajstić information content (AvgIpc) is 3.37. The minimum absolute atomic E-state index is 0.0160. The largest absolute Gasteiger partial charge is 0.433 e. The lowest BCUT2D eigenvalue weighted by Gasteiger charge is -2.19. The zero-order valence-electron chi connectivity index (χ0n) is 16.7. The molecule has 1 fully saturated rings. The Morgan fingerprint density at radius 2 is 1.91 bits per heavy atom. The minimum Gasteiger partial charge on any atom is -0.366 e. The van der Waals surface area contributed by atoms with Gasteiger partial charge in [0, 0.05) is 42.7 Å². The molecule has 1 aliphatic heterocycles. The molecular formula is C19H15F5N8O. The third-order valence-corrected chi connectivity index (χ3v) is 4.76. The third-order valence-electron chi connectivity index (χ3n) is 4.76. The Morgan fingerprint density at radius 3 is 2.52 bits per heavy atom. The van der Waals surface area contributed by atoms with E-state index in [1.165, 1.54) is 31.0 Å². The van der Waals surface area contributed by atoms with Crippen molar-refractivity contribution in [1.82, 2.24) is 29.7 Å². The number of halogens is 5. The van der Waals surface area contributed by atoms with Gasteiger partial charge in [-0.2, -0.15) is 13.2 Å². The number of carbonyl (C=O) groups excluding carboxylic acids is 1. The number of pyridine rings is 1. The fourth-order valence-electron chi connectivity index (χ4n) is 3.20. The Bertz CT molecular complexity index is 1210. The summed E-state index contributed by atoms with van der Waals surface area (Å²) in [6.07, 6.45) is 1.00. The molecule has 0 saturated carbocycles. The summed E-state index contributed by atoms with van der Waals surface area (Å²) < 4.78 is 68.5. The molecule has 33 heavy (non-hydrogen) atoms. The van der Waals surface area contributed by atoms with Crippen LogP contribution in [-0.2, 0) is 11.0 Å². The summed E-state index contributed by atoms with van der Waals surface area (Å²) >= 11 is 0. The van der Waals surface area contributed by atoms with Crippen molar-refractivity contribution in [1.29, 1.82) is 0 Å². The van der Waals surface area contributed by atoms with Gasteiger partial charge in [0.15, 0.2) is 5.82 Å². The lowest BCUT2D eigenvalue weighted by Crippen LogP contribution is -2.26. The fraction of sp³-hybridized carbons (Fsp3) is 0.263. The van der Waals surface area contributed by atoms with Crippen LogP contribution < -0.4 is 10.6 Å². The van der Waals surface area contributed by atoms with Crippen LogP contribution in [0.3, 0.4) is 0 Å². The molecule has 0 bridgehead atoms. The van der Waals surface area contributed by atoms with Crippen molar-refractivity contribution in [2.75, 3.05) is 18.0 Å². The highest BCUT2D eigenvalue weighted by molar-refractivity contribution is 6.22. The van der Waals surface area contributed by atoms with E-state index >= 15 is 0 Å². The standard InChI is InChI=1S/C19H15F5N8O/c20-18(21)1-2-31(8-18)15-4-11(3-14(29-15)19(22,23)24)17-28-10-32(30-17)7-13(16(25)33)12-5-26-9-27-6-12/h3-7,9-10H,1-2,8H2,(H2,25,33)/b13-7+. The number of alkyl halides is 5. The lowest BCUT2D eigenvalue weighted by atomic mass is 10.1. The minimum atomic E-state index is -4.82. The Hall–Kier alpha value is -3.97. The van der Waals surface area contributed by atoms with Crippen molar-refractivity contribution in [3.05, 3.63) is 48.4 Å². The molecule has 1 amide bonds. The summed E-state index contributed by atoms with van der Waals surface area (Å²) in [4.78, 5) is 28.0. The van der Waals surface area contributed by atoms with E-state index in [4.69, 9.17) is 5.73 Å². The molecule has 4 heterocycles. The first kappa shape index (κ1) is 22.2. The molecule has 172 valence electrons. The number of primary amides is 1. The van der Waals surface area contributed by atoms with Crippen molar-refractivity contribution in [2.45, 2.75) is 18.5 Å². The second kappa shape index (κ2) is 8.18. The predicted molar refractivity (Wildman–Crippen MR) is 105 cm³/mol. The van der Waals surface area contributed by atoms with Gasteiger partial charge < -0.3 is 10.6 Å². The first-order chi connectivity index (χ1) is 15.5. The maximum atomic E-state index is 13.6. The van der Waals surface area contributed by atoms with Gasteiger partial charge in [-0.05, 0) is 12.1 Å². The molecule has 0 atom stereocenters.